The molecule has 2 heterocycles. The molecule has 5 rings (SSSR count). The van der Waals surface area contributed by atoms with E-state index in [9.17, 15) is 0 Å². The van der Waals surface area contributed by atoms with Crippen LogP contribution in [-0.2, 0) is 13.0 Å². The Kier molecular flexibility index (Phi) is 4.57. The highest BCUT2D eigenvalue weighted by molar-refractivity contribution is 7.80. The lowest BCUT2D eigenvalue weighted by Crippen LogP contribution is -2.38. The molecule has 0 saturated carbocycles. The third-order valence-electron chi connectivity index (χ3n) is 5.67. The molecule has 1 aliphatic heterocycles. The molecule has 3 nitrogen and oxygen atoms in total. The molecule has 144 valence electrons. The zero-order chi connectivity index (χ0) is 19.8. The fraction of sp³-hybridized carbons (Fsp3) is 0.160. The molecule has 2 N–H and O–H groups in total. The van der Waals surface area contributed by atoms with Crippen molar-refractivity contribution in [2.75, 3.05) is 11.9 Å². The Bertz CT molecular complexity index is 1180. The predicted octanol–water partition coefficient (Wildman–Crippen LogP) is 5.90. The summed E-state index contributed by atoms with van der Waals surface area (Å²) in [6, 6.07) is 25.6. The summed E-state index contributed by atoms with van der Waals surface area (Å²) in [5, 5.41) is 5.45. The number of fused-ring (bicyclic) bond motifs is 3. The molecule has 0 bridgehead atoms. The fourth-order valence-electron chi connectivity index (χ4n) is 4.04. The number of nitrogens with zero attached hydrogens (tertiary/aromatic N) is 1. The monoisotopic (exact) mass is 397 g/mol. The first-order valence-electron chi connectivity index (χ1n) is 9.99. The summed E-state index contributed by atoms with van der Waals surface area (Å²) in [5.41, 5.74) is 8.71. The molecular formula is C25H23N3S. The van der Waals surface area contributed by atoms with Crippen molar-refractivity contribution in [3.63, 3.8) is 0 Å². The maximum Gasteiger partial charge on any atom is 0.173 e. The lowest BCUT2D eigenvalue weighted by atomic mass is 9.99. The average Bonchev–Trinajstić information content (AvgIpc) is 3.12. The first-order chi connectivity index (χ1) is 14.2. The summed E-state index contributed by atoms with van der Waals surface area (Å²) in [7, 11) is 0. The van der Waals surface area contributed by atoms with E-state index in [0.717, 1.165) is 30.3 Å². The van der Waals surface area contributed by atoms with Crippen molar-refractivity contribution >= 4 is 33.9 Å². The number of H-pyrrole nitrogens is 1. The Morgan fingerprint density at radius 1 is 0.966 bits per heavy atom. The van der Waals surface area contributed by atoms with Crippen LogP contribution in [0.4, 0.5) is 5.69 Å². The number of rotatable bonds is 2. The van der Waals surface area contributed by atoms with Crippen LogP contribution in [0.2, 0.25) is 0 Å². The van der Waals surface area contributed by atoms with E-state index in [4.69, 9.17) is 12.2 Å². The normalized spacial score (nSPS) is 13.3. The molecule has 0 fully saturated rings. The van der Waals surface area contributed by atoms with Gasteiger partial charge >= 0.3 is 0 Å². The van der Waals surface area contributed by atoms with Gasteiger partial charge in [-0.25, -0.2) is 0 Å². The van der Waals surface area contributed by atoms with Crippen molar-refractivity contribution in [3.05, 3.63) is 89.6 Å². The van der Waals surface area contributed by atoms with Crippen molar-refractivity contribution in [2.24, 2.45) is 0 Å². The highest BCUT2D eigenvalue weighted by atomic mass is 32.1. The standard InChI is InChI=1S/C25H23N3S/c1-17-7-9-18(10-8-17)19-11-12-23-21(15-19)22-16-28(14-13-24(22)27-23)25(29)26-20-5-3-2-4-6-20/h2-12,15,27H,13-14,16H2,1H3,(H,26,29). The number of hydrogen-bond acceptors (Lipinski definition) is 1. The van der Waals surface area contributed by atoms with Crippen molar-refractivity contribution in [1.82, 2.24) is 9.88 Å². The third kappa shape index (κ3) is 3.52. The number of hydrogen-bond donors (Lipinski definition) is 2. The van der Waals surface area contributed by atoms with Crippen LogP contribution in [0.5, 0.6) is 0 Å². The Morgan fingerprint density at radius 2 is 1.72 bits per heavy atom. The zero-order valence-corrected chi connectivity index (χ0v) is 17.2. The molecular weight excluding hydrogens is 374 g/mol. The molecule has 0 atom stereocenters. The Labute approximate surface area is 176 Å². The van der Waals surface area contributed by atoms with Crippen molar-refractivity contribution in [1.29, 1.82) is 0 Å². The minimum absolute atomic E-state index is 0.783. The first kappa shape index (κ1) is 18.0. The van der Waals surface area contributed by atoms with E-state index >= 15 is 0 Å². The smallest absolute Gasteiger partial charge is 0.173 e. The minimum atomic E-state index is 0.783. The van der Waals surface area contributed by atoms with Gasteiger partial charge in [0.2, 0.25) is 0 Å². The molecule has 3 aromatic carbocycles. The molecule has 4 aromatic rings. The van der Waals surface area contributed by atoms with Gasteiger partial charge in [0.1, 0.15) is 0 Å². The second-order valence-corrected chi connectivity index (χ2v) is 8.06. The topological polar surface area (TPSA) is 31.1 Å². The van der Waals surface area contributed by atoms with Crippen molar-refractivity contribution in [3.8, 4) is 11.1 Å². The summed E-state index contributed by atoms with van der Waals surface area (Å²) in [5.74, 6) is 0. The summed E-state index contributed by atoms with van der Waals surface area (Å²) in [6.07, 6.45) is 0.973. The highest BCUT2D eigenvalue weighted by Gasteiger charge is 2.22. The van der Waals surface area contributed by atoms with E-state index in [1.54, 1.807) is 0 Å². The van der Waals surface area contributed by atoms with E-state index in [-0.39, 0.29) is 0 Å². The molecule has 1 aromatic heterocycles. The van der Waals surface area contributed by atoms with Crippen molar-refractivity contribution < 1.29 is 0 Å². The molecule has 0 unspecified atom stereocenters. The molecule has 0 spiro atoms. The van der Waals surface area contributed by atoms with Gasteiger partial charge in [0.05, 0.1) is 0 Å². The number of aromatic nitrogens is 1. The van der Waals surface area contributed by atoms with Crippen LogP contribution < -0.4 is 5.32 Å². The van der Waals surface area contributed by atoms with Gasteiger partial charge in [-0.15, -0.1) is 0 Å². The van der Waals surface area contributed by atoms with E-state index < -0.39 is 0 Å². The summed E-state index contributed by atoms with van der Waals surface area (Å²) in [6.45, 7) is 3.87. The lowest BCUT2D eigenvalue weighted by molar-refractivity contribution is 0.399. The molecule has 4 heteroatoms. The number of aryl methyl sites for hydroxylation is 1. The highest BCUT2D eigenvalue weighted by Crippen LogP contribution is 2.32. The maximum absolute atomic E-state index is 5.70. The predicted molar refractivity (Wildman–Crippen MR) is 125 cm³/mol. The summed E-state index contributed by atoms with van der Waals surface area (Å²) in [4.78, 5) is 5.88. The Morgan fingerprint density at radius 3 is 2.52 bits per heavy atom. The lowest BCUT2D eigenvalue weighted by Gasteiger charge is -2.29. The van der Waals surface area contributed by atoms with E-state index in [0.29, 0.717) is 0 Å². The molecule has 0 amide bonds. The number of para-hydroxylation sites is 1. The van der Waals surface area contributed by atoms with Gasteiger partial charge in [0.25, 0.3) is 0 Å². The number of nitrogens with one attached hydrogen (secondary N) is 2. The van der Waals surface area contributed by atoms with Gasteiger partial charge in [-0.3, -0.25) is 0 Å². The van der Waals surface area contributed by atoms with E-state index in [2.05, 4.69) is 64.6 Å². The van der Waals surface area contributed by atoms with Gasteiger partial charge in [0, 0.05) is 47.4 Å². The molecule has 29 heavy (non-hydrogen) atoms. The summed E-state index contributed by atoms with van der Waals surface area (Å²) >= 11 is 5.70. The molecule has 1 aliphatic rings. The molecule has 0 saturated heterocycles. The number of thiocarbonyl (C=S) groups is 1. The SMILES string of the molecule is Cc1ccc(-c2ccc3[nH]c4c(c3c2)CN(C(=S)Nc2ccccc2)CC4)cc1. The zero-order valence-electron chi connectivity index (χ0n) is 16.4. The molecule has 0 radical (unpaired) electrons. The van der Waals surface area contributed by atoms with Crippen LogP contribution in [0.3, 0.4) is 0 Å². The van der Waals surface area contributed by atoms with Crippen LogP contribution in [0.1, 0.15) is 16.8 Å². The first-order valence-corrected chi connectivity index (χ1v) is 10.4. The quantitative estimate of drug-likeness (QED) is 0.413. The van der Waals surface area contributed by atoms with Crippen LogP contribution in [0.15, 0.2) is 72.8 Å². The van der Waals surface area contributed by atoms with Crippen molar-refractivity contribution in [2.45, 2.75) is 19.9 Å². The maximum atomic E-state index is 5.70. The van der Waals surface area contributed by atoms with Gasteiger partial charge in [-0.2, -0.15) is 0 Å². The average molecular weight is 398 g/mol. The van der Waals surface area contributed by atoms with Gasteiger partial charge < -0.3 is 15.2 Å². The van der Waals surface area contributed by atoms with Gasteiger partial charge in [-0.05, 0) is 54.5 Å². The third-order valence-corrected chi connectivity index (χ3v) is 6.03. The van der Waals surface area contributed by atoms with Gasteiger partial charge in [-0.1, -0.05) is 54.1 Å². The fourth-order valence-corrected chi connectivity index (χ4v) is 4.31. The number of anilines is 1. The Hall–Kier alpha value is -3.11. The van der Waals surface area contributed by atoms with Crippen LogP contribution in [0.25, 0.3) is 22.0 Å². The molecule has 0 aliphatic carbocycles. The van der Waals surface area contributed by atoms with Crippen LogP contribution in [-0.4, -0.2) is 21.5 Å². The number of aromatic amines is 1. The number of benzene rings is 3. The summed E-state index contributed by atoms with van der Waals surface area (Å²) < 4.78 is 0. The minimum Gasteiger partial charge on any atom is -0.358 e. The Balaban J connectivity index is 1.44. The van der Waals surface area contributed by atoms with E-state index in [1.165, 1.54) is 38.9 Å². The second kappa shape index (κ2) is 7.37. The van der Waals surface area contributed by atoms with E-state index in [1.807, 2.05) is 30.3 Å². The van der Waals surface area contributed by atoms with Crippen LogP contribution >= 0.6 is 12.2 Å². The van der Waals surface area contributed by atoms with Gasteiger partial charge in [0.15, 0.2) is 5.11 Å². The second-order valence-electron chi connectivity index (χ2n) is 7.68. The van der Waals surface area contributed by atoms with Crippen LogP contribution in [0, 0.1) is 6.92 Å². The largest absolute Gasteiger partial charge is 0.358 e.